The number of hydrogen-bond acceptors (Lipinski definition) is 9. The van der Waals surface area contributed by atoms with Crippen LogP contribution in [0.2, 0.25) is 0 Å². The van der Waals surface area contributed by atoms with Gasteiger partial charge in [0.2, 0.25) is 11.1 Å². The fourth-order valence-corrected chi connectivity index (χ4v) is 4.59. The van der Waals surface area contributed by atoms with E-state index in [-0.39, 0.29) is 35.9 Å². The second-order valence-electron chi connectivity index (χ2n) is 6.92. The molecule has 1 aromatic carbocycles. The highest BCUT2D eigenvalue weighted by molar-refractivity contribution is 8.18. The fourth-order valence-electron chi connectivity index (χ4n) is 3.01. The van der Waals surface area contributed by atoms with Crippen molar-refractivity contribution >= 4 is 46.7 Å². The van der Waals surface area contributed by atoms with Gasteiger partial charge < -0.3 is 5.32 Å². The molecular weight excluding hydrogens is 462 g/mol. The molecule has 0 unspecified atom stereocenters. The third kappa shape index (κ3) is 5.46. The summed E-state index contributed by atoms with van der Waals surface area (Å²) < 4.78 is 1.59. The van der Waals surface area contributed by atoms with Gasteiger partial charge >= 0.3 is 0 Å². The van der Waals surface area contributed by atoms with E-state index in [1.807, 2.05) is 31.2 Å². The first-order valence-electron chi connectivity index (χ1n) is 9.92. The Morgan fingerprint density at radius 2 is 2.06 bits per heavy atom. The molecule has 0 saturated carbocycles. The third-order valence-electron chi connectivity index (χ3n) is 4.63. The molecule has 0 radical (unpaired) electrons. The lowest BCUT2D eigenvalue weighted by atomic mass is 10.2. The first-order chi connectivity index (χ1) is 16.0. The minimum atomic E-state index is -0.380. The summed E-state index contributed by atoms with van der Waals surface area (Å²) in [6.07, 6.45) is 4.88. The van der Waals surface area contributed by atoms with Gasteiger partial charge in [-0.1, -0.05) is 36.0 Å². The van der Waals surface area contributed by atoms with Crippen molar-refractivity contribution < 1.29 is 14.4 Å². The van der Waals surface area contributed by atoms with Crippen molar-refractivity contribution in [2.45, 2.75) is 12.1 Å². The van der Waals surface area contributed by atoms with E-state index in [9.17, 15) is 14.4 Å². The number of nitrogens with zero attached hydrogens (tertiary/aromatic N) is 6. The van der Waals surface area contributed by atoms with Crippen LogP contribution in [0, 0.1) is 6.92 Å². The Bertz CT molecular complexity index is 1210. The molecule has 33 heavy (non-hydrogen) atoms. The smallest absolute Gasteiger partial charge is 0.293 e. The first kappa shape index (κ1) is 22.7. The van der Waals surface area contributed by atoms with Crippen LogP contribution in [0.4, 0.5) is 4.79 Å². The number of benzene rings is 1. The number of carbonyl (C=O) groups excluding carboxylic acids is 3. The van der Waals surface area contributed by atoms with Crippen LogP contribution < -0.4 is 5.32 Å². The van der Waals surface area contributed by atoms with E-state index >= 15 is 0 Å². The van der Waals surface area contributed by atoms with Gasteiger partial charge in [0, 0.05) is 25.5 Å². The molecule has 3 heterocycles. The first-order valence-corrected chi connectivity index (χ1v) is 11.7. The van der Waals surface area contributed by atoms with Crippen LogP contribution in [0.5, 0.6) is 0 Å². The van der Waals surface area contributed by atoms with Gasteiger partial charge in [0.25, 0.3) is 11.1 Å². The van der Waals surface area contributed by atoms with Crippen molar-refractivity contribution in [2.24, 2.45) is 0 Å². The predicted octanol–water partition coefficient (Wildman–Crippen LogP) is 2.31. The Morgan fingerprint density at radius 3 is 2.85 bits per heavy atom. The highest BCUT2D eigenvalue weighted by Crippen LogP contribution is 2.31. The quantitative estimate of drug-likeness (QED) is 0.381. The van der Waals surface area contributed by atoms with E-state index in [1.165, 1.54) is 11.8 Å². The summed E-state index contributed by atoms with van der Waals surface area (Å²) >= 11 is 2.07. The van der Waals surface area contributed by atoms with Crippen molar-refractivity contribution in [3.8, 4) is 5.69 Å². The molecule has 1 N–H and O–H groups in total. The Morgan fingerprint density at radius 1 is 1.21 bits per heavy atom. The molecule has 0 spiro atoms. The van der Waals surface area contributed by atoms with Gasteiger partial charge in [0.15, 0.2) is 0 Å². The number of tetrazole rings is 1. The molecule has 12 heteroatoms. The van der Waals surface area contributed by atoms with Gasteiger partial charge in [-0.15, -0.1) is 5.10 Å². The summed E-state index contributed by atoms with van der Waals surface area (Å²) in [5, 5.41) is 14.5. The number of hydrogen-bond donors (Lipinski definition) is 1. The number of aromatic nitrogens is 5. The van der Waals surface area contributed by atoms with Crippen LogP contribution in [0.25, 0.3) is 11.8 Å². The van der Waals surface area contributed by atoms with Crippen molar-refractivity contribution in [1.82, 2.24) is 35.4 Å². The minimum Gasteiger partial charge on any atom is -0.354 e. The number of para-hydroxylation sites is 1. The SMILES string of the molecule is Cc1ccccc1-n1nnnc1SCC(=O)NCCN1C(=O)S/C(=C/c2cccnc2)C1=O. The summed E-state index contributed by atoms with van der Waals surface area (Å²) in [6.45, 7) is 2.20. The Labute approximate surface area is 197 Å². The van der Waals surface area contributed by atoms with Gasteiger partial charge in [0.1, 0.15) is 0 Å². The molecule has 0 atom stereocenters. The molecule has 10 nitrogen and oxygen atoms in total. The second kappa shape index (κ2) is 10.4. The molecule has 0 aliphatic carbocycles. The fraction of sp³-hybridized carbons (Fsp3) is 0.190. The maximum atomic E-state index is 12.5. The van der Waals surface area contributed by atoms with Crippen molar-refractivity contribution in [3.63, 3.8) is 0 Å². The normalized spacial score (nSPS) is 14.8. The van der Waals surface area contributed by atoms with Gasteiger partial charge in [0.05, 0.1) is 16.3 Å². The summed E-state index contributed by atoms with van der Waals surface area (Å²) in [7, 11) is 0. The van der Waals surface area contributed by atoms with Crippen LogP contribution in [-0.4, -0.2) is 66.0 Å². The maximum Gasteiger partial charge on any atom is 0.293 e. The van der Waals surface area contributed by atoms with Crippen LogP contribution in [0.15, 0.2) is 58.9 Å². The number of nitrogens with one attached hydrogen (secondary N) is 1. The van der Waals surface area contributed by atoms with Gasteiger partial charge in [-0.3, -0.25) is 24.3 Å². The summed E-state index contributed by atoms with van der Waals surface area (Å²) in [5.41, 5.74) is 2.58. The number of aryl methyl sites for hydroxylation is 1. The summed E-state index contributed by atoms with van der Waals surface area (Å²) in [5.74, 6) is -0.540. The van der Waals surface area contributed by atoms with E-state index in [0.717, 1.165) is 33.5 Å². The van der Waals surface area contributed by atoms with Crippen molar-refractivity contribution in [2.75, 3.05) is 18.8 Å². The number of amides is 3. The highest BCUT2D eigenvalue weighted by atomic mass is 32.2. The number of carbonyl (C=O) groups is 3. The summed E-state index contributed by atoms with van der Waals surface area (Å²) in [4.78, 5) is 42.5. The van der Waals surface area contributed by atoms with E-state index in [2.05, 4.69) is 25.8 Å². The Hall–Kier alpha value is -3.51. The van der Waals surface area contributed by atoms with Crippen LogP contribution >= 0.6 is 23.5 Å². The molecule has 3 aromatic rings. The van der Waals surface area contributed by atoms with Crippen LogP contribution in [0.1, 0.15) is 11.1 Å². The molecule has 2 aromatic heterocycles. The van der Waals surface area contributed by atoms with Crippen molar-refractivity contribution in [3.05, 3.63) is 64.8 Å². The molecule has 0 bridgehead atoms. The Kier molecular flexibility index (Phi) is 7.15. The summed E-state index contributed by atoms with van der Waals surface area (Å²) in [6, 6.07) is 11.2. The van der Waals surface area contributed by atoms with E-state index in [0.29, 0.717) is 10.1 Å². The molecule has 1 saturated heterocycles. The van der Waals surface area contributed by atoms with Crippen LogP contribution in [0.3, 0.4) is 0 Å². The molecule has 1 fully saturated rings. The number of rotatable bonds is 8. The van der Waals surface area contributed by atoms with Crippen LogP contribution in [-0.2, 0) is 9.59 Å². The lowest BCUT2D eigenvalue weighted by Crippen LogP contribution is -2.37. The molecule has 4 rings (SSSR count). The topological polar surface area (TPSA) is 123 Å². The maximum absolute atomic E-state index is 12.5. The molecule has 1 aliphatic rings. The third-order valence-corrected chi connectivity index (χ3v) is 6.46. The highest BCUT2D eigenvalue weighted by Gasteiger charge is 2.34. The van der Waals surface area contributed by atoms with E-state index in [1.54, 1.807) is 35.3 Å². The number of pyridine rings is 1. The molecule has 1 aliphatic heterocycles. The molecule has 168 valence electrons. The molecular formula is C21H19N7O3S2. The Balaban J connectivity index is 1.27. The van der Waals surface area contributed by atoms with Crippen molar-refractivity contribution in [1.29, 1.82) is 0 Å². The van der Waals surface area contributed by atoms with E-state index < -0.39 is 0 Å². The predicted molar refractivity (Wildman–Crippen MR) is 125 cm³/mol. The second-order valence-corrected chi connectivity index (χ2v) is 8.85. The molecule has 3 amide bonds. The zero-order chi connectivity index (χ0) is 23.2. The average Bonchev–Trinajstić information content (AvgIpc) is 3.38. The number of thioether (sulfide) groups is 2. The zero-order valence-corrected chi connectivity index (χ0v) is 19.2. The van der Waals surface area contributed by atoms with Gasteiger partial charge in [-0.25, -0.2) is 0 Å². The largest absolute Gasteiger partial charge is 0.354 e. The average molecular weight is 482 g/mol. The zero-order valence-electron chi connectivity index (χ0n) is 17.5. The van der Waals surface area contributed by atoms with E-state index in [4.69, 9.17) is 0 Å². The lowest BCUT2D eigenvalue weighted by molar-refractivity contribution is -0.123. The minimum absolute atomic E-state index is 0.0897. The van der Waals surface area contributed by atoms with Gasteiger partial charge in [-0.05, 0) is 58.4 Å². The monoisotopic (exact) mass is 481 g/mol. The number of imide groups is 1. The van der Waals surface area contributed by atoms with Gasteiger partial charge in [-0.2, -0.15) is 4.68 Å². The lowest BCUT2D eigenvalue weighted by Gasteiger charge is -2.13. The standard InChI is InChI=1S/C21H19N7O3S2/c1-14-5-2-3-7-16(14)28-20(24-25-26-28)32-13-18(29)23-9-10-27-19(30)17(33-21(27)31)11-15-6-4-8-22-12-15/h2-8,11-12H,9-10,13H2,1H3,(H,23,29)/b17-11+.